The van der Waals surface area contributed by atoms with Crippen LogP contribution >= 0.6 is 0 Å². The molecule has 1 fully saturated rings. The number of hydrogen-bond donors (Lipinski definition) is 1. The van der Waals surface area contributed by atoms with Gasteiger partial charge in [-0.15, -0.1) is 0 Å². The fourth-order valence-corrected chi connectivity index (χ4v) is 1.52. The molecule has 0 aromatic heterocycles. The third kappa shape index (κ3) is 6.39. The van der Waals surface area contributed by atoms with Gasteiger partial charge in [0.05, 0.1) is 0 Å². The summed E-state index contributed by atoms with van der Waals surface area (Å²) in [7, 11) is 0. The summed E-state index contributed by atoms with van der Waals surface area (Å²) in [5.74, 6) is 0. The lowest BCUT2D eigenvalue weighted by atomic mass is 10.1. The van der Waals surface area contributed by atoms with Gasteiger partial charge in [-0.05, 0) is 52.4 Å². The Kier molecular flexibility index (Phi) is 9.42. The predicted molar refractivity (Wildman–Crippen MR) is 64.8 cm³/mol. The van der Waals surface area contributed by atoms with Crippen LogP contribution in [0.4, 0.5) is 0 Å². The fraction of sp³-hybridized carbons (Fsp3) is 1.00. The average molecular weight is 200 g/mol. The second kappa shape index (κ2) is 9.47. The quantitative estimate of drug-likeness (QED) is 0.686. The van der Waals surface area contributed by atoms with Crippen molar-refractivity contribution in [3.05, 3.63) is 0 Å². The fourth-order valence-electron chi connectivity index (χ4n) is 1.52. The Morgan fingerprint density at radius 3 is 1.86 bits per heavy atom. The molecule has 1 rings (SSSR count). The van der Waals surface area contributed by atoms with Crippen LogP contribution in [0, 0.1) is 0 Å². The monoisotopic (exact) mass is 200 g/mol. The predicted octanol–water partition coefficient (Wildman–Crippen LogP) is 2.50. The molecule has 1 aliphatic rings. The third-order valence-corrected chi connectivity index (χ3v) is 2.72. The van der Waals surface area contributed by atoms with Gasteiger partial charge in [0.1, 0.15) is 0 Å². The molecule has 14 heavy (non-hydrogen) atoms. The topological polar surface area (TPSA) is 15.3 Å². The maximum Gasteiger partial charge on any atom is 0.00789 e. The highest BCUT2D eigenvalue weighted by Gasteiger charge is 2.20. The Morgan fingerprint density at radius 2 is 1.71 bits per heavy atom. The minimum absolute atomic E-state index is 0.880. The molecular weight excluding hydrogens is 172 g/mol. The van der Waals surface area contributed by atoms with Crippen molar-refractivity contribution in [1.82, 2.24) is 10.2 Å². The van der Waals surface area contributed by atoms with E-state index in [1.165, 1.54) is 45.4 Å². The third-order valence-electron chi connectivity index (χ3n) is 2.72. The summed E-state index contributed by atoms with van der Waals surface area (Å²) in [4.78, 5) is 2.47. The highest BCUT2D eigenvalue weighted by atomic mass is 15.2. The Balaban J connectivity index is 0.000000241. The largest absolute Gasteiger partial charge is 0.317 e. The molecule has 0 amide bonds. The van der Waals surface area contributed by atoms with Crippen molar-refractivity contribution in [3.63, 3.8) is 0 Å². The summed E-state index contributed by atoms with van der Waals surface area (Å²) in [6.45, 7) is 13.8. The van der Waals surface area contributed by atoms with Crippen LogP contribution in [0.15, 0.2) is 0 Å². The summed E-state index contributed by atoms with van der Waals surface area (Å²) in [5.41, 5.74) is 0. The van der Waals surface area contributed by atoms with Gasteiger partial charge in [-0.3, -0.25) is 0 Å². The van der Waals surface area contributed by atoms with Gasteiger partial charge in [-0.2, -0.15) is 0 Å². The summed E-state index contributed by atoms with van der Waals surface area (Å²) in [6, 6.07) is 0.880. The van der Waals surface area contributed by atoms with Crippen molar-refractivity contribution in [2.24, 2.45) is 0 Å². The first-order chi connectivity index (χ1) is 6.76. The lowest BCUT2D eigenvalue weighted by Gasteiger charge is -2.37. The Morgan fingerprint density at radius 1 is 1.14 bits per heavy atom. The smallest absolute Gasteiger partial charge is 0.00789 e. The van der Waals surface area contributed by atoms with E-state index in [0.717, 1.165) is 6.04 Å². The second-order valence-electron chi connectivity index (χ2n) is 4.02. The minimum Gasteiger partial charge on any atom is -0.317 e. The molecule has 86 valence electrons. The van der Waals surface area contributed by atoms with E-state index < -0.39 is 0 Å². The average Bonchev–Trinajstić information content (AvgIpc) is 2.18. The molecule has 0 aliphatic carbocycles. The van der Waals surface area contributed by atoms with Crippen LogP contribution in [0.2, 0.25) is 0 Å². The number of nitrogens with zero attached hydrogens (tertiary/aromatic N) is 1. The van der Waals surface area contributed by atoms with Gasteiger partial charge < -0.3 is 10.2 Å². The summed E-state index contributed by atoms with van der Waals surface area (Å²) < 4.78 is 0. The van der Waals surface area contributed by atoms with E-state index in [2.05, 4.69) is 37.9 Å². The molecule has 1 atom stereocenters. The lowest BCUT2D eigenvalue weighted by molar-refractivity contribution is 0.113. The van der Waals surface area contributed by atoms with Gasteiger partial charge in [0.15, 0.2) is 0 Å². The molecule has 1 heterocycles. The van der Waals surface area contributed by atoms with Crippen molar-refractivity contribution >= 4 is 0 Å². The van der Waals surface area contributed by atoms with Crippen molar-refractivity contribution < 1.29 is 0 Å². The molecule has 1 saturated heterocycles. The number of rotatable bonds is 5. The van der Waals surface area contributed by atoms with E-state index in [4.69, 9.17) is 0 Å². The lowest BCUT2D eigenvalue weighted by Crippen LogP contribution is -2.45. The minimum atomic E-state index is 0.880. The highest BCUT2D eigenvalue weighted by Crippen LogP contribution is 2.14. The molecule has 1 aliphatic heterocycles. The first-order valence-electron chi connectivity index (χ1n) is 6.20. The zero-order chi connectivity index (χ0) is 10.8. The van der Waals surface area contributed by atoms with Gasteiger partial charge in [-0.1, -0.05) is 20.8 Å². The molecule has 0 aromatic carbocycles. The summed E-state index contributed by atoms with van der Waals surface area (Å²) in [5, 5.41) is 3.28. The maximum atomic E-state index is 3.28. The molecule has 0 aromatic rings. The molecule has 2 heteroatoms. The van der Waals surface area contributed by atoms with Gasteiger partial charge in [0.25, 0.3) is 0 Å². The molecule has 0 spiro atoms. The first-order valence-corrected chi connectivity index (χ1v) is 6.20. The van der Waals surface area contributed by atoms with Crippen LogP contribution in [0.5, 0.6) is 0 Å². The van der Waals surface area contributed by atoms with E-state index in [-0.39, 0.29) is 0 Å². The van der Waals surface area contributed by atoms with Crippen molar-refractivity contribution in [3.8, 4) is 0 Å². The van der Waals surface area contributed by atoms with Crippen LogP contribution in [-0.4, -0.2) is 37.1 Å². The van der Waals surface area contributed by atoms with E-state index in [9.17, 15) is 0 Å². The number of hydrogen-bond acceptors (Lipinski definition) is 2. The zero-order valence-corrected chi connectivity index (χ0v) is 10.5. The van der Waals surface area contributed by atoms with E-state index in [1.807, 2.05) is 0 Å². The Labute approximate surface area is 90.1 Å². The SMILES string of the molecule is CCCNCCC.CCN1CCC1C. The summed E-state index contributed by atoms with van der Waals surface area (Å²) >= 11 is 0. The molecule has 0 saturated carbocycles. The second-order valence-corrected chi connectivity index (χ2v) is 4.02. The van der Waals surface area contributed by atoms with Gasteiger partial charge >= 0.3 is 0 Å². The molecule has 0 radical (unpaired) electrons. The van der Waals surface area contributed by atoms with Crippen LogP contribution in [0.3, 0.4) is 0 Å². The first kappa shape index (κ1) is 13.9. The zero-order valence-electron chi connectivity index (χ0n) is 10.5. The van der Waals surface area contributed by atoms with Crippen molar-refractivity contribution in [2.75, 3.05) is 26.2 Å². The standard InChI is InChI=1S/C6H13N.C6H15N/c1-3-7-5-4-6(7)2;1-3-5-7-6-4-2/h6H,3-5H2,1-2H3;7H,3-6H2,1-2H3. The van der Waals surface area contributed by atoms with Crippen molar-refractivity contribution in [1.29, 1.82) is 0 Å². The molecule has 0 bridgehead atoms. The maximum absolute atomic E-state index is 3.28. The van der Waals surface area contributed by atoms with Gasteiger partial charge in [0, 0.05) is 6.04 Å². The Bertz CT molecular complexity index is 109. The van der Waals surface area contributed by atoms with Crippen LogP contribution in [0.25, 0.3) is 0 Å². The molecule has 2 nitrogen and oxygen atoms in total. The van der Waals surface area contributed by atoms with Crippen LogP contribution in [0.1, 0.15) is 47.0 Å². The normalized spacial score (nSPS) is 21.0. The molecular formula is C12H28N2. The van der Waals surface area contributed by atoms with E-state index >= 15 is 0 Å². The highest BCUT2D eigenvalue weighted by molar-refractivity contribution is 4.76. The van der Waals surface area contributed by atoms with Gasteiger partial charge in [0.2, 0.25) is 0 Å². The molecule has 1 unspecified atom stereocenters. The summed E-state index contributed by atoms with van der Waals surface area (Å²) in [6.07, 6.45) is 3.91. The number of nitrogens with one attached hydrogen (secondary N) is 1. The van der Waals surface area contributed by atoms with Gasteiger partial charge in [-0.25, -0.2) is 0 Å². The van der Waals surface area contributed by atoms with Crippen LogP contribution < -0.4 is 5.32 Å². The molecule has 1 N–H and O–H groups in total. The van der Waals surface area contributed by atoms with E-state index in [1.54, 1.807) is 0 Å². The van der Waals surface area contributed by atoms with Crippen LogP contribution in [-0.2, 0) is 0 Å². The van der Waals surface area contributed by atoms with E-state index in [0.29, 0.717) is 0 Å². The van der Waals surface area contributed by atoms with Crippen molar-refractivity contribution in [2.45, 2.75) is 53.0 Å². The number of likely N-dealkylation sites (tertiary alicyclic amines) is 1. The Hall–Kier alpha value is -0.0800.